The van der Waals surface area contributed by atoms with Gasteiger partial charge in [-0.05, 0) is 11.1 Å². The van der Waals surface area contributed by atoms with Gasteiger partial charge in [-0.25, -0.2) is 0 Å². The lowest BCUT2D eigenvalue weighted by Crippen LogP contribution is -2.24. The van der Waals surface area contributed by atoms with E-state index < -0.39 is 0 Å². The number of halogens is 1. The molecule has 132 valence electrons. The van der Waals surface area contributed by atoms with Gasteiger partial charge in [-0.3, -0.25) is 0 Å². The number of hydrogen-bond acceptors (Lipinski definition) is 2. The highest BCUT2D eigenvalue weighted by atomic mass is 79.9. The molecule has 2 nitrogen and oxygen atoms in total. The van der Waals surface area contributed by atoms with Gasteiger partial charge in [0.1, 0.15) is 0 Å². The lowest BCUT2D eigenvalue weighted by Gasteiger charge is -2.22. The monoisotopic (exact) mass is 406 g/mol. The first-order chi connectivity index (χ1) is 12.3. The molecule has 4 rings (SSSR count). The predicted molar refractivity (Wildman–Crippen MR) is 115 cm³/mol. The highest BCUT2D eigenvalue weighted by Gasteiger charge is 2.28. The van der Waals surface area contributed by atoms with Crippen molar-refractivity contribution in [2.45, 2.75) is 6.54 Å². The fourth-order valence-corrected chi connectivity index (χ4v) is 3.53. The number of benzene rings is 3. The van der Waals surface area contributed by atoms with E-state index in [0.717, 1.165) is 13.2 Å². The van der Waals surface area contributed by atoms with Crippen molar-refractivity contribution in [2.24, 2.45) is 0 Å². The van der Waals surface area contributed by atoms with Crippen LogP contribution in [-0.4, -0.2) is 23.5 Å². The van der Waals surface area contributed by atoms with Crippen molar-refractivity contribution >= 4 is 28.4 Å². The van der Waals surface area contributed by atoms with E-state index >= 15 is 0 Å². The maximum atomic E-state index is 2.47. The van der Waals surface area contributed by atoms with E-state index in [4.69, 9.17) is 0 Å². The Morgan fingerprint density at radius 3 is 1.65 bits per heavy atom. The van der Waals surface area contributed by atoms with Gasteiger partial charge in [0.05, 0.1) is 18.1 Å². The van der Waals surface area contributed by atoms with Crippen LogP contribution < -0.4 is 0 Å². The van der Waals surface area contributed by atoms with E-state index in [9.17, 15) is 0 Å². The van der Waals surface area contributed by atoms with Crippen LogP contribution in [0.2, 0.25) is 0 Å². The second-order valence-corrected chi connectivity index (χ2v) is 6.45. The van der Waals surface area contributed by atoms with Gasteiger partial charge in [0.15, 0.2) is 0 Å². The summed E-state index contributed by atoms with van der Waals surface area (Å²) < 4.78 is 0. The van der Waals surface area contributed by atoms with Gasteiger partial charge in [0, 0.05) is 19.2 Å². The van der Waals surface area contributed by atoms with E-state index in [2.05, 4.69) is 108 Å². The first kappa shape index (κ1) is 18.3. The normalized spacial score (nSPS) is 13.7. The Kier molecular flexibility index (Phi) is 5.79. The number of rotatable bonds is 4. The standard InChI is InChI=1S/C23H22N2.BrH/c1-24-18-25(17-19-11-5-2-6-12-19)23(21-15-9-4-10-16-21)22(24)20-13-7-3-8-14-20;/h2-16H,17-18H2,1H3;1H. The molecule has 0 N–H and O–H groups in total. The summed E-state index contributed by atoms with van der Waals surface area (Å²) in [4.78, 5) is 4.81. The molecule has 0 bridgehead atoms. The largest absolute Gasteiger partial charge is 0.355 e. The molecule has 1 aliphatic rings. The summed E-state index contributed by atoms with van der Waals surface area (Å²) in [6.07, 6.45) is 0. The number of hydrogen-bond donors (Lipinski definition) is 0. The molecule has 0 fully saturated rings. The third kappa shape index (κ3) is 3.68. The average Bonchev–Trinajstić information content (AvgIpc) is 2.99. The Balaban J connectivity index is 0.00000196. The van der Waals surface area contributed by atoms with Crippen LogP contribution in [0.4, 0.5) is 0 Å². The Hall–Kier alpha value is -2.52. The van der Waals surface area contributed by atoms with Crippen molar-refractivity contribution < 1.29 is 0 Å². The molecule has 1 aliphatic heterocycles. The molecule has 0 saturated carbocycles. The van der Waals surface area contributed by atoms with E-state index in [-0.39, 0.29) is 17.0 Å². The Bertz CT molecular complexity index is 860. The van der Waals surface area contributed by atoms with Crippen LogP contribution >= 0.6 is 17.0 Å². The fraction of sp³-hybridized carbons (Fsp3) is 0.130. The zero-order valence-electron chi connectivity index (χ0n) is 14.9. The minimum atomic E-state index is 0. The van der Waals surface area contributed by atoms with Crippen LogP contribution in [0.3, 0.4) is 0 Å². The van der Waals surface area contributed by atoms with Crippen molar-refractivity contribution in [3.8, 4) is 0 Å². The van der Waals surface area contributed by atoms with Gasteiger partial charge >= 0.3 is 0 Å². The molecular weight excluding hydrogens is 384 g/mol. The van der Waals surface area contributed by atoms with Crippen molar-refractivity contribution in [2.75, 3.05) is 13.7 Å². The molecule has 0 atom stereocenters. The summed E-state index contributed by atoms with van der Waals surface area (Å²) in [6.45, 7) is 1.80. The molecule has 0 radical (unpaired) electrons. The molecule has 0 spiro atoms. The second kappa shape index (κ2) is 8.24. The molecule has 1 heterocycles. The van der Waals surface area contributed by atoms with Crippen LogP contribution in [0.25, 0.3) is 11.4 Å². The second-order valence-electron chi connectivity index (χ2n) is 6.45. The third-order valence-corrected chi connectivity index (χ3v) is 4.62. The van der Waals surface area contributed by atoms with Crippen molar-refractivity contribution in [3.63, 3.8) is 0 Å². The summed E-state index contributed by atoms with van der Waals surface area (Å²) in [5, 5.41) is 0. The highest BCUT2D eigenvalue weighted by Crippen LogP contribution is 2.37. The van der Waals surface area contributed by atoms with Crippen LogP contribution in [0.5, 0.6) is 0 Å². The molecule has 0 amide bonds. The maximum Gasteiger partial charge on any atom is 0.0905 e. The molecule has 26 heavy (non-hydrogen) atoms. The highest BCUT2D eigenvalue weighted by molar-refractivity contribution is 8.93. The van der Waals surface area contributed by atoms with Crippen molar-refractivity contribution in [3.05, 3.63) is 108 Å². The Morgan fingerprint density at radius 1 is 0.654 bits per heavy atom. The first-order valence-electron chi connectivity index (χ1n) is 8.68. The van der Waals surface area contributed by atoms with E-state index in [1.807, 2.05) is 0 Å². The van der Waals surface area contributed by atoms with Crippen molar-refractivity contribution in [1.29, 1.82) is 0 Å². The van der Waals surface area contributed by atoms with Crippen LogP contribution in [-0.2, 0) is 6.54 Å². The zero-order chi connectivity index (χ0) is 17.1. The van der Waals surface area contributed by atoms with Gasteiger partial charge in [0.2, 0.25) is 0 Å². The summed E-state index contributed by atoms with van der Waals surface area (Å²) in [5.74, 6) is 0. The third-order valence-electron chi connectivity index (χ3n) is 4.62. The lowest BCUT2D eigenvalue weighted by molar-refractivity contribution is 0.306. The van der Waals surface area contributed by atoms with Crippen LogP contribution in [0.15, 0.2) is 91.0 Å². The first-order valence-corrected chi connectivity index (χ1v) is 8.68. The summed E-state index contributed by atoms with van der Waals surface area (Å²) >= 11 is 0. The van der Waals surface area contributed by atoms with Crippen LogP contribution in [0, 0.1) is 0 Å². The molecular formula is C23H23BrN2. The van der Waals surface area contributed by atoms with Gasteiger partial charge in [-0.2, -0.15) is 0 Å². The van der Waals surface area contributed by atoms with Crippen LogP contribution in [0.1, 0.15) is 16.7 Å². The predicted octanol–water partition coefficient (Wildman–Crippen LogP) is 5.50. The van der Waals surface area contributed by atoms with E-state index in [1.54, 1.807) is 0 Å². The topological polar surface area (TPSA) is 6.48 Å². The van der Waals surface area contributed by atoms with Crippen molar-refractivity contribution in [1.82, 2.24) is 9.80 Å². The minimum absolute atomic E-state index is 0. The molecule has 3 aromatic carbocycles. The SMILES string of the molecule is Br.CN1CN(Cc2ccccc2)C(c2ccccc2)=C1c1ccccc1. The molecule has 0 saturated heterocycles. The maximum absolute atomic E-state index is 2.47. The molecule has 3 aromatic rings. The van der Waals surface area contributed by atoms with Gasteiger partial charge in [-0.1, -0.05) is 91.0 Å². The number of nitrogens with zero attached hydrogens (tertiary/aromatic N) is 2. The Morgan fingerprint density at radius 2 is 1.12 bits per heavy atom. The summed E-state index contributed by atoms with van der Waals surface area (Å²) in [6, 6.07) is 32.1. The van der Waals surface area contributed by atoms with Gasteiger partial charge in [0.25, 0.3) is 0 Å². The summed E-state index contributed by atoms with van der Waals surface area (Å²) in [5.41, 5.74) is 6.46. The molecule has 3 heteroatoms. The quantitative estimate of drug-likeness (QED) is 0.564. The fourth-order valence-electron chi connectivity index (χ4n) is 3.53. The summed E-state index contributed by atoms with van der Waals surface area (Å²) in [7, 11) is 2.18. The van der Waals surface area contributed by atoms with E-state index in [1.165, 1.54) is 28.1 Å². The molecule has 0 aliphatic carbocycles. The lowest BCUT2D eigenvalue weighted by atomic mass is 10.0. The van der Waals surface area contributed by atoms with Gasteiger partial charge < -0.3 is 9.80 Å². The minimum Gasteiger partial charge on any atom is -0.355 e. The zero-order valence-corrected chi connectivity index (χ0v) is 16.6. The average molecular weight is 407 g/mol. The Labute approximate surface area is 166 Å². The van der Waals surface area contributed by atoms with Gasteiger partial charge in [-0.15, -0.1) is 17.0 Å². The molecule has 0 unspecified atom stereocenters. The smallest absolute Gasteiger partial charge is 0.0905 e. The van der Waals surface area contributed by atoms with E-state index in [0.29, 0.717) is 0 Å². The molecule has 0 aromatic heterocycles.